The van der Waals surface area contributed by atoms with Gasteiger partial charge in [-0.25, -0.2) is 0 Å². The van der Waals surface area contributed by atoms with E-state index < -0.39 is 0 Å². The third kappa shape index (κ3) is 1.35. The van der Waals surface area contributed by atoms with Crippen molar-refractivity contribution in [2.45, 2.75) is 24.7 Å². The van der Waals surface area contributed by atoms with Gasteiger partial charge in [-0.2, -0.15) is 0 Å². The summed E-state index contributed by atoms with van der Waals surface area (Å²) in [6.45, 7) is 0.283. The van der Waals surface area contributed by atoms with Crippen molar-refractivity contribution in [2.75, 3.05) is 6.61 Å². The van der Waals surface area contributed by atoms with Crippen LogP contribution in [0.25, 0.3) is 10.8 Å². The molecule has 0 saturated heterocycles. The average molecular weight is 212 g/mol. The van der Waals surface area contributed by atoms with Crippen molar-refractivity contribution in [3.05, 3.63) is 48.0 Å². The number of aliphatic hydroxyl groups excluding tert-OH is 1. The Bertz CT molecular complexity index is 506. The minimum atomic E-state index is 0.0596. The number of hydrogen-bond acceptors (Lipinski definition) is 1. The number of aliphatic hydroxyl groups is 1. The normalized spacial score (nSPS) is 18.3. The molecule has 82 valence electrons. The molecule has 3 rings (SSSR count). The van der Waals surface area contributed by atoms with E-state index in [1.54, 1.807) is 0 Å². The van der Waals surface area contributed by atoms with Crippen molar-refractivity contribution in [2.24, 2.45) is 0 Å². The van der Waals surface area contributed by atoms with Crippen LogP contribution in [-0.4, -0.2) is 11.7 Å². The van der Waals surface area contributed by atoms with E-state index in [1.165, 1.54) is 22.8 Å². The topological polar surface area (TPSA) is 20.2 Å². The zero-order chi connectivity index (χ0) is 11.0. The van der Waals surface area contributed by atoms with Gasteiger partial charge in [-0.1, -0.05) is 48.9 Å². The summed E-state index contributed by atoms with van der Waals surface area (Å²) in [4.78, 5) is 0. The zero-order valence-electron chi connectivity index (χ0n) is 9.32. The highest BCUT2D eigenvalue weighted by Gasteiger charge is 2.37. The Morgan fingerprint density at radius 2 is 1.75 bits per heavy atom. The molecule has 16 heavy (non-hydrogen) atoms. The first-order chi connectivity index (χ1) is 7.84. The lowest BCUT2D eigenvalue weighted by Crippen LogP contribution is -2.37. The Morgan fingerprint density at radius 1 is 1.00 bits per heavy atom. The summed E-state index contributed by atoms with van der Waals surface area (Å²) < 4.78 is 0. The van der Waals surface area contributed by atoms with Crippen LogP contribution in [0.5, 0.6) is 0 Å². The molecule has 2 aromatic rings. The average Bonchev–Trinajstić information content (AvgIpc) is 2.28. The number of rotatable bonds is 2. The van der Waals surface area contributed by atoms with Gasteiger partial charge < -0.3 is 5.11 Å². The zero-order valence-corrected chi connectivity index (χ0v) is 9.32. The van der Waals surface area contributed by atoms with E-state index >= 15 is 0 Å². The van der Waals surface area contributed by atoms with Crippen LogP contribution in [0.15, 0.2) is 42.5 Å². The third-order valence-corrected chi connectivity index (χ3v) is 3.98. The van der Waals surface area contributed by atoms with Crippen LogP contribution < -0.4 is 0 Å². The maximum atomic E-state index is 9.56. The molecule has 1 aliphatic carbocycles. The van der Waals surface area contributed by atoms with E-state index in [1.807, 2.05) is 0 Å². The molecule has 1 nitrogen and oxygen atoms in total. The fraction of sp³-hybridized carbons (Fsp3) is 0.333. The minimum Gasteiger partial charge on any atom is -0.395 e. The monoisotopic (exact) mass is 212 g/mol. The highest BCUT2D eigenvalue weighted by Crippen LogP contribution is 2.43. The summed E-state index contributed by atoms with van der Waals surface area (Å²) in [5.41, 5.74) is 1.37. The van der Waals surface area contributed by atoms with Gasteiger partial charge in [0, 0.05) is 5.41 Å². The summed E-state index contributed by atoms with van der Waals surface area (Å²) in [6.07, 6.45) is 3.50. The molecule has 1 aliphatic rings. The summed E-state index contributed by atoms with van der Waals surface area (Å²) in [7, 11) is 0. The number of benzene rings is 2. The molecule has 2 aromatic carbocycles. The van der Waals surface area contributed by atoms with E-state index in [2.05, 4.69) is 42.5 Å². The van der Waals surface area contributed by atoms with Gasteiger partial charge in [0.05, 0.1) is 6.61 Å². The van der Waals surface area contributed by atoms with E-state index in [-0.39, 0.29) is 12.0 Å². The lowest BCUT2D eigenvalue weighted by Gasteiger charge is -2.41. The molecular formula is C15H16O. The van der Waals surface area contributed by atoms with Crippen molar-refractivity contribution >= 4 is 10.8 Å². The molecule has 0 aliphatic heterocycles. The predicted molar refractivity (Wildman–Crippen MR) is 66.6 cm³/mol. The van der Waals surface area contributed by atoms with Crippen molar-refractivity contribution in [3.63, 3.8) is 0 Å². The molecule has 1 saturated carbocycles. The molecule has 1 fully saturated rings. The molecule has 0 aromatic heterocycles. The van der Waals surface area contributed by atoms with Crippen molar-refractivity contribution in [1.82, 2.24) is 0 Å². The first-order valence-corrected chi connectivity index (χ1v) is 5.94. The first-order valence-electron chi connectivity index (χ1n) is 5.94. The van der Waals surface area contributed by atoms with Gasteiger partial charge in [0.2, 0.25) is 0 Å². The Kier molecular flexibility index (Phi) is 2.22. The minimum absolute atomic E-state index is 0.0596. The van der Waals surface area contributed by atoms with Crippen LogP contribution in [0.2, 0.25) is 0 Å². The Balaban J connectivity index is 2.11. The van der Waals surface area contributed by atoms with Gasteiger partial charge in [-0.3, -0.25) is 0 Å². The van der Waals surface area contributed by atoms with Crippen molar-refractivity contribution in [3.8, 4) is 0 Å². The van der Waals surface area contributed by atoms with Crippen molar-refractivity contribution in [1.29, 1.82) is 0 Å². The second kappa shape index (κ2) is 3.60. The smallest absolute Gasteiger partial charge is 0.0527 e. The summed E-state index contributed by atoms with van der Waals surface area (Å²) in [5, 5.41) is 12.1. The molecule has 0 amide bonds. The highest BCUT2D eigenvalue weighted by atomic mass is 16.3. The summed E-state index contributed by atoms with van der Waals surface area (Å²) >= 11 is 0. The van der Waals surface area contributed by atoms with E-state index in [0.29, 0.717) is 0 Å². The van der Waals surface area contributed by atoms with E-state index in [4.69, 9.17) is 0 Å². The second-order valence-corrected chi connectivity index (χ2v) is 4.85. The fourth-order valence-electron chi connectivity index (χ4n) is 2.66. The van der Waals surface area contributed by atoms with E-state index in [9.17, 15) is 5.11 Å². The van der Waals surface area contributed by atoms with Crippen LogP contribution in [0, 0.1) is 0 Å². The molecule has 0 radical (unpaired) electrons. The van der Waals surface area contributed by atoms with Gasteiger partial charge >= 0.3 is 0 Å². The number of fused-ring (bicyclic) bond motifs is 1. The predicted octanol–water partition coefficient (Wildman–Crippen LogP) is 3.25. The molecule has 0 spiro atoms. The SMILES string of the molecule is OCC1(c2ccc3ccccc3c2)CCC1. The standard InChI is InChI=1S/C15H16O/c16-11-15(8-3-9-15)14-7-6-12-4-1-2-5-13(12)10-14/h1-2,4-7,10,16H,3,8-9,11H2. The lowest BCUT2D eigenvalue weighted by atomic mass is 9.65. The Hall–Kier alpha value is -1.34. The summed E-state index contributed by atoms with van der Waals surface area (Å²) in [6, 6.07) is 15.0. The molecule has 0 bridgehead atoms. The van der Waals surface area contributed by atoms with Gasteiger partial charge in [0.25, 0.3) is 0 Å². The van der Waals surface area contributed by atoms with E-state index in [0.717, 1.165) is 12.8 Å². The van der Waals surface area contributed by atoms with Crippen molar-refractivity contribution < 1.29 is 5.11 Å². The van der Waals surface area contributed by atoms with Crippen LogP contribution in [-0.2, 0) is 5.41 Å². The molecule has 1 heteroatoms. The maximum Gasteiger partial charge on any atom is 0.0527 e. The molecule has 1 N–H and O–H groups in total. The first kappa shape index (κ1) is 9.86. The van der Waals surface area contributed by atoms with Gasteiger partial charge in [-0.15, -0.1) is 0 Å². The second-order valence-electron chi connectivity index (χ2n) is 4.85. The quantitative estimate of drug-likeness (QED) is 0.810. The van der Waals surface area contributed by atoms with Crippen LogP contribution >= 0.6 is 0 Å². The fourth-order valence-corrected chi connectivity index (χ4v) is 2.66. The molecule has 0 atom stereocenters. The molecular weight excluding hydrogens is 196 g/mol. The molecule has 0 heterocycles. The largest absolute Gasteiger partial charge is 0.395 e. The van der Waals surface area contributed by atoms with Crippen LogP contribution in [0.4, 0.5) is 0 Å². The maximum absolute atomic E-state index is 9.56. The Morgan fingerprint density at radius 3 is 2.38 bits per heavy atom. The van der Waals surface area contributed by atoms with Gasteiger partial charge in [0.15, 0.2) is 0 Å². The third-order valence-electron chi connectivity index (χ3n) is 3.98. The highest BCUT2D eigenvalue weighted by molar-refractivity contribution is 5.83. The van der Waals surface area contributed by atoms with Crippen LogP contribution in [0.3, 0.4) is 0 Å². The van der Waals surface area contributed by atoms with Crippen LogP contribution in [0.1, 0.15) is 24.8 Å². The molecule has 0 unspecified atom stereocenters. The summed E-state index contributed by atoms with van der Waals surface area (Å²) in [5.74, 6) is 0. The van der Waals surface area contributed by atoms with Gasteiger partial charge in [-0.05, 0) is 29.2 Å². The van der Waals surface area contributed by atoms with Gasteiger partial charge in [0.1, 0.15) is 0 Å². The number of hydrogen-bond donors (Lipinski definition) is 1. The lowest BCUT2D eigenvalue weighted by molar-refractivity contribution is 0.120. The Labute approximate surface area is 95.7 Å².